The highest BCUT2D eigenvalue weighted by Crippen LogP contribution is 2.16. The molecule has 112 valence electrons. The van der Waals surface area contributed by atoms with Crippen LogP contribution in [0.1, 0.15) is 0 Å². The van der Waals surface area contributed by atoms with Gasteiger partial charge in [-0.15, -0.1) is 10.2 Å². The van der Waals surface area contributed by atoms with Crippen LogP contribution in [-0.4, -0.2) is 56.9 Å². The molecule has 21 heavy (non-hydrogen) atoms. The minimum atomic E-state index is -1.14. The van der Waals surface area contributed by atoms with Crippen molar-refractivity contribution in [2.24, 2.45) is 0 Å². The molecule has 0 aliphatic rings. The predicted molar refractivity (Wildman–Crippen MR) is 72.6 cm³/mol. The molecule has 0 radical (unpaired) electrons. The number of hydrogen-bond donors (Lipinski definition) is 2. The number of rotatable bonds is 7. The Kier molecular flexibility index (Phi) is 4.95. The second-order valence-corrected chi connectivity index (χ2v) is 4.80. The topological polar surface area (TPSA) is 119 Å². The van der Waals surface area contributed by atoms with Crippen molar-refractivity contribution in [2.45, 2.75) is 12.6 Å². The number of amides is 1. The SMILES string of the molecule is COC(CNC(=O)Cn1nnc(-c2ccsc2)n1)C(=O)O. The van der Waals surface area contributed by atoms with E-state index in [9.17, 15) is 9.59 Å². The van der Waals surface area contributed by atoms with Gasteiger partial charge in [-0.1, -0.05) is 0 Å². The summed E-state index contributed by atoms with van der Waals surface area (Å²) in [5, 5.41) is 26.6. The molecule has 9 nitrogen and oxygen atoms in total. The maximum absolute atomic E-state index is 11.7. The van der Waals surface area contributed by atoms with Crippen LogP contribution in [0.4, 0.5) is 0 Å². The lowest BCUT2D eigenvalue weighted by Crippen LogP contribution is -2.39. The molecule has 10 heteroatoms. The van der Waals surface area contributed by atoms with E-state index in [4.69, 9.17) is 9.84 Å². The van der Waals surface area contributed by atoms with Crippen molar-refractivity contribution in [3.05, 3.63) is 16.8 Å². The van der Waals surface area contributed by atoms with Gasteiger partial charge in [-0.25, -0.2) is 4.79 Å². The second kappa shape index (κ2) is 6.90. The Bertz CT molecular complexity index is 612. The van der Waals surface area contributed by atoms with Crippen LogP contribution < -0.4 is 5.32 Å². The number of carboxylic acids is 1. The summed E-state index contributed by atoms with van der Waals surface area (Å²) < 4.78 is 4.70. The monoisotopic (exact) mass is 311 g/mol. The molecule has 2 aromatic rings. The van der Waals surface area contributed by atoms with Crippen LogP contribution in [0.25, 0.3) is 11.4 Å². The number of thiophene rings is 1. The van der Waals surface area contributed by atoms with Crippen molar-refractivity contribution in [3.8, 4) is 11.4 Å². The van der Waals surface area contributed by atoms with Gasteiger partial charge in [-0.05, 0) is 16.7 Å². The molecule has 2 heterocycles. The fraction of sp³-hybridized carbons (Fsp3) is 0.364. The quantitative estimate of drug-likeness (QED) is 0.715. The van der Waals surface area contributed by atoms with Gasteiger partial charge in [-0.2, -0.15) is 16.1 Å². The highest BCUT2D eigenvalue weighted by molar-refractivity contribution is 7.08. The summed E-state index contributed by atoms with van der Waals surface area (Å²) in [4.78, 5) is 23.5. The largest absolute Gasteiger partial charge is 0.479 e. The van der Waals surface area contributed by atoms with Crippen molar-refractivity contribution in [1.29, 1.82) is 0 Å². The number of ether oxygens (including phenoxy) is 1. The molecule has 0 aromatic carbocycles. The zero-order valence-corrected chi connectivity index (χ0v) is 11.9. The van der Waals surface area contributed by atoms with E-state index in [2.05, 4.69) is 20.7 Å². The fourth-order valence-electron chi connectivity index (χ4n) is 1.48. The average molecular weight is 311 g/mol. The molecule has 0 spiro atoms. The first kappa shape index (κ1) is 15.1. The van der Waals surface area contributed by atoms with Crippen molar-refractivity contribution in [2.75, 3.05) is 13.7 Å². The van der Waals surface area contributed by atoms with Crippen LogP contribution in [0.3, 0.4) is 0 Å². The third-order valence-corrected chi connectivity index (χ3v) is 3.25. The Morgan fingerprint density at radius 3 is 3.00 bits per heavy atom. The first-order valence-electron chi connectivity index (χ1n) is 5.93. The van der Waals surface area contributed by atoms with Crippen LogP contribution in [-0.2, 0) is 20.9 Å². The van der Waals surface area contributed by atoms with Crippen LogP contribution >= 0.6 is 11.3 Å². The van der Waals surface area contributed by atoms with Crippen molar-refractivity contribution in [1.82, 2.24) is 25.5 Å². The van der Waals surface area contributed by atoms with E-state index in [-0.39, 0.29) is 13.1 Å². The van der Waals surface area contributed by atoms with E-state index in [1.165, 1.54) is 18.4 Å². The molecule has 2 aromatic heterocycles. The molecule has 0 bridgehead atoms. The molecular weight excluding hydrogens is 298 g/mol. The van der Waals surface area contributed by atoms with Crippen molar-refractivity contribution in [3.63, 3.8) is 0 Å². The summed E-state index contributed by atoms with van der Waals surface area (Å²) in [6.07, 6.45) is -1.08. The summed E-state index contributed by atoms with van der Waals surface area (Å²) in [6.45, 7) is -0.274. The minimum absolute atomic E-state index is 0.128. The van der Waals surface area contributed by atoms with E-state index in [1.807, 2.05) is 16.8 Å². The molecule has 0 fully saturated rings. The summed E-state index contributed by atoms with van der Waals surface area (Å²) in [7, 11) is 1.26. The summed E-state index contributed by atoms with van der Waals surface area (Å²) in [5.41, 5.74) is 0.831. The number of methoxy groups -OCH3 is 1. The highest BCUT2D eigenvalue weighted by atomic mass is 32.1. The standard InChI is InChI=1S/C11H13N5O4S/c1-20-8(11(18)19)4-12-9(17)5-16-14-10(13-15-16)7-2-3-21-6-7/h2-3,6,8H,4-5H2,1H3,(H,12,17)(H,18,19). The number of nitrogens with one attached hydrogen (secondary N) is 1. The third-order valence-electron chi connectivity index (χ3n) is 2.56. The molecule has 2 rings (SSSR count). The lowest BCUT2D eigenvalue weighted by molar-refractivity contribution is -0.148. The van der Waals surface area contributed by atoms with Gasteiger partial charge in [0.25, 0.3) is 0 Å². The molecule has 1 atom stereocenters. The number of aromatic nitrogens is 4. The maximum atomic E-state index is 11.7. The van der Waals surface area contributed by atoms with Gasteiger partial charge in [0.1, 0.15) is 6.54 Å². The Balaban J connectivity index is 1.87. The van der Waals surface area contributed by atoms with Crippen LogP contribution in [0, 0.1) is 0 Å². The Morgan fingerprint density at radius 1 is 1.57 bits per heavy atom. The van der Waals surface area contributed by atoms with Gasteiger partial charge in [0.15, 0.2) is 6.10 Å². The normalized spacial score (nSPS) is 12.0. The van der Waals surface area contributed by atoms with Gasteiger partial charge in [0, 0.05) is 18.1 Å². The average Bonchev–Trinajstić information content (AvgIpc) is 3.09. The zero-order valence-electron chi connectivity index (χ0n) is 11.1. The molecule has 0 aliphatic carbocycles. The summed E-state index contributed by atoms with van der Waals surface area (Å²) in [6, 6.07) is 1.85. The van der Waals surface area contributed by atoms with Crippen LogP contribution in [0.2, 0.25) is 0 Å². The first-order valence-corrected chi connectivity index (χ1v) is 6.87. The molecule has 0 aliphatic heterocycles. The van der Waals surface area contributed by atoms with Gasteiger partial charge in [0.2, 0.25) is 11.7 Å². The zero-order chi connectivity index (χ0) is 15.2. The van der Waals surface area contributed by atoms with Gasteiger partial charge >= 0.3 is 5.97 Å². The molecular formula is C11H13N5O4S. The van der Waals surface area contributed by atoms with E-state index < -0.39 is 18.0 Å². The summed E-state index contributed by atoms with van der Waals surface area (Å²) >= 11 is 1.51. The minimum Gasteiger partial charge on any atom is -0.479 e. The second-order valence-electron chi connectivity index (χ2n) is 4.02. The Hall–Kier alpha value is -2.33. The predicted octanol–water partition coefficient (Wildman–Crippen LogP) is -0.383. The lowest BCUT2D eigenvalue weighted by Gasteiger charge is -2.10. The van der Waals surface area contributed by atoms with Gasteiger partial charge < -0.3 is 15.2 Å². The number of carbonyl (C=O) groups excluding carboxylic acids is 1. The van der Waals surface area contributed by atoms with Gasteiger partial charge in [0.05, 0.1) is 6.54 Å². The Morgan fingerprint density at radius 2 is 2.38 bits per heavy atom. The van der Waals surface area contributed by atoms with Crippen LogP contribution in [0.15, 0.2) is 16.8 Å². The Labute approximate surface area is 123 Å². The first-order chi connectivity index (χ1) is 10.1. The lowest BCUT2D eigenvalue weighted by atomic mass is 10.3. The number of carboxylic acid groups (broad SMARTS) is 1. The van der Waals surface area contributed by atoms with E-state index in [0.29, 0.717) is 5.82 Å². The third kappa shape index (κ3) is 4.07. The molecule has 0 saturated heterocycles. The maximum Gasteiger partial charge on any atom is 0.334 e. The molecule has 1 amide bonds. The number of carbonyl (C=O) groups is 2. The van der Waals surface area contributed by atoms with Crippen LogP contribution in [0.5, 0.6) is 0 Å². The van der Waals surface area contributed by atoms with Crippen molar-refractivity contribution < 1.29 is 19.4 Å². The van der Waals surface area contributed by atoms with E-state index in [0.717, 1.165) is 10.4 Å². The smallest absolute Gasteiger partial charge is 0.334 e. The molecule has 2 N–H and O–H groups in total. The molecule has 1 unspecified atom stereocenters. The number of aliphatic carboxylic acids is 1. The number of hydrogen-bond acceptors (Lipinski definition) is 7. The molecule has 0 saturated carbocycles. The van der Waals surface area contributed by atoms with Crippen molar-refractivity contribution >= 4 is 23.2 Å². The fourth-order valence-corrected chi connectivity index (χ4v) is 2.11. The van der Waals surface area contributed by atoms with Gasteiger partial charge in [-0.3, -0.25) is 4.79 Å². The van der Waals surface area contributed by atoms with E-state index in [1.54, 1.807) is 0 Å². The highest BCUT2D eigenvalue weighted by Gasteiger charge is 2.17. The van der Waals surface area contributed by atoms with E-state index >= 15 is 0 Å². The summed E-state index contributed by atoms with van der Waals surface area (Å²) in [5.74, 6) is -1.13. The number of nitrogens with zero attached hydrogens (tertiary/aromatic N) is 4. The number of tetrazole rings is 1.